The number of aryl methyl sites for hydroxylation is 1. The summed E-state index contributed by atoms with van der Waals surface area (Å²) in [5.74, 6) is -1.09. The van der Waals surface area contributed by atoms with Crippen LogP contribution >= 0.6 is 11.3 Å². The van der Waals surface area contributed by atoms with E-state index in [2.05, 4.69) is 9.97 Å². The Morgan fingerprint density at radius 2 is 1.44 bits per heavy atom. The second-order valence-electron chi connectivity index (χ2n) is 10.1. The molecule has 3 aromatic carbocycles. The number of nitrogens with zero attached hydrogens (tertiary/aromatic N) is 2. The number of hydrogen-bond donors (Lipinski definition) is 4. The zero-order chi connectivity index (χ0) is 30.9. The summed E-state index contributed by atoms with van der Waals surface area (Å²) in [6, 6.07) is 29.0. The second kappa shape index (κ2) is 18.1. The summed E-state index contributed by atoms with van der Waals surface area (Å²) < 4.78 is 11.8. The highest BCUT2D eigenvalue weighted by Crippen LogP contribution is 2.42. The van der Waals surface area contributed by atoms with Crippen LogP contribution in [0.4, 0.5) is 5.82 Å². The zero-order valence-electron chi connectivity index (χ0n) is 24.6. The molecule has 0 bridgehead atoms. The van der Waals surface area contributed by atoms with Crippen molar-refractivity contribution in [2.75, 3.05) is 12.3 Å². The van der Waals surface area contributed by atoms with Crippen LogP contribution in [0, 0.1) is 12.8 Å². The van der Waals surface area contributed by atoms with Crippen LogP contribution in [0.1, 0.15) is 40.5 Å². The van der Waals surface area contributed by atoms with Gasteiger partial charge in [0.25, 0.3) is 0 Å². The molecule has 1 saturated heterocycles. The van der Waals surface area contributed by atoms with Gasteiger partial charge in [0, 0.05) is 17.7 Å². The summed E-state index contributed by atoms with van der Waals surface area (Å²) >= 11 is 1.35. The highest BCUT2D eigenvalue weighted by Gasteiger charge is 2.47. The van der Waals surface area contributed by atoms with Crippen molar-refractivity contribution in [2.45, 2.75) is 52.0 Å². The lowest BCUT2D eigenvalue weighted by molar-refractivity contribution is -0.223. The quantitative estimate of drug-likeness (QED) is 0.212. The summed E-state index contributed by atoms with van der Waals surface area (Å²) in [6.07, 6.45) is 3.48. The van der Waals surface area contributed by atoms with Gasteiger partial charge < -0.3 is 30.5 Å². The summed E-state index contributed by atoms with van der Waals surface area (Å²) in [6.45, 7) is 5.06. The summed E-state index contributed by atoms with van der Waals surface area (Å²) in [7, 11) is 0. The van der Waals surface area contributed by atoms with E-state index in [0.717, 1.165) is 22.3 Å². The van der Waals surface area contributed by atoms with Gasteiger partial charge in [-0.2, -0.15) is 0 Å². The number of anilines is 1. The standard InChI is InChI=1S/C20H25N3O3S.2C7H8O/c1-14-12-27-18(9-22-13-23-19(14)21)20(24)15(2)8-17(26-20)11-25-10-16-6-4-3-5-7-16;2*8-6-7-4-2-1-3-5-7/h3-7,9,12-13,15,17,24H,8,10-11H2,1-2H3,(H2,21,22,23);2*1-5,8H,6H2/t15-,17?,20?;;/m0../s1. The normalized spacial score (nSPS) is 18.8. The Morgan fingerprint density at radius 1 is 0.907 bits per heavy atom. The monoisotopic (exact) mass is 603 g/mol. The number of nitrogens with two attached hydrogens (primary N) is 1. The fraction of sp³-hybridized carbons (Fsp3) is 0.294. The Morgan fingerprint density at radius 3 is 1.95 bits per heavy atom. The third-order valence-electron chi connectivity index (χ3n) is 6.67. The van der Waals surface area contributed by atoms with Crippen molar-refractivity contribution in [2.24, 2.45) is 5.92 Å². The van der Waals surface area contributed by atoms with E-state index >= 15 is 0 Å². The number of nitrogen functional groups attached to an aromatic ring is 1. The van der Waals surface area contributed by atoms with Gasteiger partial charge in [0.1, 0.15) is 12.1 Å². The van der Waals surface area contributed by atoms with Gasteiger partial charge in [-0.1, -0.05) is 97.9 Å². The van der Waals surface area contributed by atoms with Crippen molar-refractivity contribution in [3.8, 4) is 0 Å². The first-order chi connectivity index (χ1) is 20.9. The van der Waals surface area contributed by atoms with E-state index in [1.807, 2.05) is 110 Å². The summed E-state index contributed by atoms with van der Waals surface area (Å²) in [5, 5.41) is 30.1. The lowest BCUT2D eigenvalue weighted by Crippen LogP contribution is -2.31. The Hall–Kier alpha value is -3.70. The number of aromatic nitrogens is 2. The summed E-state index contributed by atoms with van der Waals surface area (Å²) in [5.41, 5.74) is 9.70. The molecule has 0 aliphatic carbocycles. The van der Waals surface area contributed by atoms with Gasteiger partial charge in [-0.3, -0.25) is 0 Å². The van der Waals surface area contributed by atoms with Crippen LogP contribution < -0.4 is 5.73 Å². The molecule has 0 spiro atoms. The number of rotatable bonds is 7. The highest BCUT2D eigenvalue weighted by molar-refractivity contribution is 7.09. The van der Waals surface area contributed by atoms with Gasteiger partial charge in [-0.25, -0.2) is 9.97 Å². The first kappa shape index (κ1) is 33.8. The maximum absolute atomic E-state index is 11.2. The lowest BCUT2D eigenvalue weighted by Gasteiger charge is -2.26. The van der Waals surface area contributed by atoms with Crippen LogP contribution in [-0.2, 0) is 35.1 Å². The second-order valence-corrected chi connectivity index (χ2v) is 11.0. The molecule has 5 N–H and O–H groups in total. The van der Waals surface area contributed by atoms with Gasteiger partial charge in [0.2, 0.25) is 5.79 Å². The molecule has 3 atom stereocenters. The molecular weight excluding hydrogens is 562 g/mol. The molecule has 5 rings (SSSR count). The van der Waals surface area contributed by atoms with E-state index in [4.69, 9.17) is 25.4 Å². The third kappa shape index (κ3) is 11.1. The molecule has 0 amide bonds. The van der Waals surface area contributed by atoms with Crippen molar-refractivity contribution in [1.82, 2.24) is 9.97 Å². The van der Waals surface area contributed by atoms with Crippen LogP contribution in [-0.4, -0.2) is 38.0 Å². The molecule has 2 heterocycles. The molecule has 1 aromatic heterocycles. The minimum absolute atomic E-state index is 0.0931. The average Bonchev–Trinajstić information content (AvgIpc) is 3.38. The highest BCUT2D eigenvalue weighted by atomic mass is 32.1. The van der Waals surface area contributed by atoms with Crippen molar-refractivity contribution < 1.29 is 24.8 Å². The Balaban J connectivity index is 0.000000255. The van der Waals surface area contributed by atoms with Gasteiger partial charge in [0.05, 0.1) is 37.4 Å². The topological polar surface area (TPSA) is 131 Å². The van der Waals surface area contributed by atoms with Crippen molar-refractivity contribution in [3.63, 3.8) is 0 Å². The molecule has 9 heteroatoms. The fourth-order valence-electron chi connectivity index (χ4n) is 4.14. The van der Waals surface area contributed by atoms with Gasteiger partial charge in [-0.15, -0.1) is 11.3 Å². The van der Waals surface area contributed by atoms with E-state index in [1.165, 1.54) is 17.7 Å². The molecule has 0 radical (unpaired) electrons. The molecule has 1 fully saturated rings. The van der Waals surface area contributed by atoms with Crippen molar-refractivity contribution in [3.05, 3.63) is 136 Å². The molecule has 43 heavy (non-hydrogen) atoms. The zero-order valence-corrected chi connectivity index (χ0v) is 25.4. The number of aliphatic hydroxyl groups is 3. The van der Waals surface area contributed by atoms with Crippen molar-refractivity contribution >= 4 is 17.2 Å². The number of ether oxygens (including phenoxy) is 2. The van der Waals surface area contributed by atoms with E-state index < -0.39 is 5.79 Å². The molecule has 8 nitrogen and oxygen atoms in total. The molecule has 2 unspecified atom stereocenters. The third-order valence-corrected chi connectivity index (χ3v) is 7.80. The lowest BCUT2D eigenvalue weighted by atomic mass is 9.98. The van der Waals surface area contributed by atoms with Gasteiger partial charge in [-0.05, 0) is 35.4 Å². The van der Waals surface area contributed by atoms with Crippen molar-refractivity contribution in [1.29, 1.82) is 0 Å². The predicted molar refractivity (Wildman–Crippen MR) is 170 cm³/mol. The number of benzene rings is 3. The van der Waals surface area contributed by atoms with Gasteiger partial charge in [0.15, 0.2) is 0 Å². The largest absolute Gasteiger partial charge is 0.392 e. The first-order valence-electron chi connectivity index (χ1n) is 14.1. The fourth-order valence-corrected chi connectivity index (χ4v) is 5.11. The minimum atomic E-state index is -1.40. The SMILES string of the molecule is Cc1csc(C2(O)OC(COCc3ccccc3)C[C@@H]2C)cncnc1N.OCc1ccccc1.OCc1ccccc1. The van der Waals surface area contributed by atoms with Crippen LogP contribution in [0.2, 0.25) is 0 Å². The van der Waals surface area contributed by atoms with E-state index in [9.17, 15) is 5.11 Å². The van der Waals surface area contributed by atoms with E-state index in [-0.39, 0.29) is 25.2 Å². The van der Waals surface area contributed by atoms with Crippen LogP contribution in [0.5, 0.6) is 0 Å². The molecule has 4 aromatic rings. The Kier molecular flexibility index (Phi) is 14.2. The number of hydrogen-bond acceptors (Lipinski definition) is 9. The van der Waals surface area contributed by atoms with Gasteiger partial charge >= 0.3 is 0 Å². The summed E-state index contributed by atoms with van der Waals surface area (Å²) in [4.78, 5) is 8.79. The number of aliphatic hydroxyl groups excluding tert-OH is 2. The molecular formula is C34H41N3O5S. The van der Waals surface area contributed by atoms with Crippen LogP contribution in [0.25, 0.3) is 0 Å². The molecule has 0 saturated carbocycles. The van der Waals surface area contributed by atoms with E-state index in [1.54, 1.807) is 6.20 Å². The smallest absolute Gasteiger partial charge is 0.206 e. The molecule has 228 valence electrons. The van der Waals surface area contributed by atoms with Crippen LogP contribution in [0.15, 0.2) is 109 Å². The predicted octanol–water partition coefficient (Wildman–Crippen LogP) is 5.70. The molecule has 1 aliphatic rings. The molecule has 1 aliphatic heterocycles. The average molecular weight is 604 g/mol. The maximum Gasteiger partial charge on any atom is 0.206 e. The first-order valence-corrected chi connectivity index (χ1v) is 14.9. The minimum Gasteiger partial charge on any atom is -0.392 e. The Labute approximate surface area is 257 Å². The maximum atomic E-state index is 11.2. The Bertz CT molecular complexity index is 1350. The van der Waals surface area contributed by atoms with E-state index in [0.29, 0.717) is 30.3 Å². The van der Waals surface area contributed by atoms with Crippen LogP contribution in [0.3, 0.4) is 0 Å².